The first-order valence-corrected chi connectivity index (χ1v) is 10.7. The van der Waals surface area contributed by atoms with Crippen molar-refractivity contribution in [2.45, 2.75) is 118 Å². The summed E-state index contributed by atoms with van der Waals surface area (Å²) in [6, 6.07) is 0. The molecule has 0 saturated heterocycles. The van der Waals surface area contributed by atoms with Crippen molar-refractivity contribution in [2.75, 3.05) is 0 Å². The molecule has 22 heavy (non-hydrogen) atoms. The van der Waals surface area contributed by atoms with Crippen LogP contribution in [0.2, 0.25) is 0 Å². The molecule has 0 radical (unpaired) electrons. The van der Waals surface area contributed by atoms with Crippen LogP contribution in [0.5, 0.6) is 0 Å². The monoisotopic (exact) mass is 308 g/mol. The van der Waals surface area contributed by atoms with E-state index in [1.54, 1.807) is 0 Å². The van der Waals surface area contributed by atoms with Gasteiger partial charge >= 0.3 is 0 Å². The van der Waals surface area contributed by atoms with E-state index in [0.29, 0.717) is 0 Å². The molecule has 1 rings (SSSR count). The Kier molecular flexibility index (Phi) is 11.3. The molecule has 0 aromatic carbocycles. The second-order valence-electron chi connectivity index (χ2n) is 8.05. The summed E-state index contributed by atoms with van der Waals surface area (Å²) in [7, 11) is 0. The van der Waals surface area contributed by atoms with Crippen LogP contribution in [0.4, 0.5) is 0 Å². The lowest BCUT2D eigenvalue weighted by molar-refractivity contribution is 0.149. The molecular weight excluding hydrogens is 264 g/mol. The third-order valence-corrected chi connectivity index (χ3v) is 6.61. The topological polar surface area (TPSA) is 0 Å². The Bertz CT molecular complexity index is 244. The molecule has 0 aliphatic heterocycles. The zero-order chi connectivity index (χ0) is 16.2. The molecule has 0 bridgehead atoms. The second-order valence-corrected chi connectivity index (χ2v) is 8.05. The first-order valence-electron chi connectivity index (χ1n) is 10.7. The molecule has 1 fully saturated rings. The Morgan fingerprint density at radius 2 is 1.50 bits per heavy atom. The summed E-state index contributed by atoms with van der Waals surface area (Å²) in [5.41, 5.74) is 0. The molecule has 0 N–H and O–H groups in total. The van der Waals surface area contributed by atoms with Crippen LogP contribution in [0.15, 0.2) is 0 Å². The maximum absolute atomic E-state index is 2.60. The van der Waals surface area contributed by atoms with E-state index in [2.05, 4.69) is 27.7 Å². The zero-order valence-electron chi connectivity index (χ0n) is 16.2. The molecule has 0 spiro atoms. The van der Waals surface area contributed by atoms with Crippen LogP contribution < -0.4 is 0 Å². The van der Waals surface area contributed by atoms with Crippen molar-refractivity contribution < 1.29 is 0 Å². The van der Waals surface area contributed by atoms with Crippen LogP contribution in [0.3, 0.4) is 0 Å². The van der Waals surface area contributed by atoms with Gasteiger partial charge in [-0.25, -0.2) is 0 Å². The summed E-state index contributed by atoms with van der Waals surface area (Å²) in [4.78, 5) is 0. The Morgan fingerprint density at radius 3 is 2.18 bits per heavy atom. The molecule has 0 nitrogen and oxygen atoms in total. The minimum absolute atomic E-state index is 0.962. The lowest BCUT2D eigenvalue weighted by atomic mass is 9.71. The summed E-state index contributed by atoms with van der Waals surface area (Å²) in [6.45, 7) is 9.79. The van der Waals surface area contributed by atoms with Gasteiger partial charge in [0.1, 0.15) is 0 Å². The van der Waals surface area contributed by atoms with Crippen molar-refractivity contribution in [2.24, 2.45) is 23.7 Å². The van der Waals surface area contributed by atoms with E-state index in [4.69, 9.17) is 0 Å². The van der Waals surface area contributed by atoms with Gasteiger partial charge in [0.15, 0.2) is 0 Å². The Hall–Kier alpha value is 0. The maximum Gasteiger partial charge on any atom is -0.0358 e. The summed E-state index contributed by atoms with van der Waals surface area (Å²) in [5, 5.41) is 0. The highest BCUT2D eigenvalue weighted by molar-refractivity contribution is 4.81. The molecule has 0 aromatic rings. The predicted octanol–water partition coefficient (Wildman–Crippen LogP) is 8.01. The van der Waals surface area contributed by atoms with E-state index >= 15 is 0 Å². The van der Waals surface area contributed by atoms with E-state index in [9.17, 15) is 0 Å². The number of unbranched alkanes of at least 4 members (excludes halogenated alkanes) is 5. The number of hydrogen-bond acceptors (Lipinski definition) is 0. The summed E-state index contributed by atoms with van der Waals surface area (Å²) < 4.78 is 0. The van der Waals surface area contributed by atoms with E-state index < -0.39 is 0 Å². The molecule has 1 aliphatic rings. The predicted molar refractivity (Wildman–Crippen MR) is 101 cm³/mol. The van der Waals surface area contributed by atoms with Crippen LogP contribution in [0.25, 0.3) is 0 Å². The molecule has 132 valence electrons. The van der Waals surface area contributed by atoms with Gasteiger partial charge in [-0.2, -0.15) is 0 Å². The molecule has 0 amide bonds. The standard InChI is InChI=1S/C22H44/c1-5-8-9-10-11-13-16-20(6-2)19(4)22-18-15-12-14-17-21(22)7-3/h19-22H,5-18H2,1-4H3. The van der Waals surface area contributed by atoms with Crippen LogP contribution in [0, 0.1) is 23.7 Å². The Labute approximate surface area is 141 Å². The van der Waals surface area contributed by atoms with Gasteiger partial charge in [0, 0.05) is 0 Å². The third-order valence-electron chi connectivity index (χ3n) is 6.61. The Morgan fingerprint density at radius 1 is 0.818 bits per heavy atom. The normalized spacial score (nSPS) is 25.6. The van der Waals surface area contributed by atoms with Crippen molar-refractivity contribution in [3.05, 3.63) is 0 Å². The minimum atomic E-state index is 0.962. The highest BCUT2D eigenvalue weighted by atomic mass is 14.4. The van der Waals surface area contributed by atoms with Crippen molar-refractivity contribution >= 4 is 0 Å². The summed E-state index contributed by atoms with van der Waals surface area (Å²) >= 11 is 0. The lowest BCUT2D eigenvalue weighted by Gasteiger charge is -2.35. The first-order chi connectivity index (χ1) is 10.7. The fourth-order valence-electron chi connectivity index (χ4n) is 4.99. The molecule has 1 aliphatic carbocycles. The SMILES string of the molecule is CCCCCCCCC(CC)C(C)C1CCCCCC1CC. The first kappa shape index (κ1) is 20.0. The number of hydrogen-bond donors (Lipinski definition) is 0. The van der Waals surface area contributed by atoms with Crippen LogP contribution >= 0.6 is 0 Å². The third kappa shape index (κ3) is 7.05. The van der Waals surface area contributed by atoms with Gasteiger partial charge in [-0.1, -0.05) is 111 Å². The fraction of sp³-hybridized carbons (Fsp3) is 1.00. The summed E-state index contributed by atoms with van der Waals surface area (Å²) in [6.07, 6.45) is 20.5. The molecule has 4 unspecified atom stereocenters. The van der Waals surface area contributed by atoms with E-state index in [1.165, 1.54) is 89.9 Å². The van der Waals surface area contributed by atoms with Gasteiger partial charge in [0.05, 0.1) is 0 Å². The van der Waals surface area contributed by atoms with Crippen LogP contribution in [0.1, 0.15) is 118 Å². The van der Waals surface area contributed by atoms with Gasteiger partial charge in [-0.05, 0) is 30.1 Å². The quantitative estimate of drug-likeness (QED) is 0.268. The highest BCUT2D eigenvalue weighted by Gasteiger charge is 2.30. The zero-order valence-corrected chi connectivity index (χ0v) is 16.2. The Balaban J connectivity index is 2.39. The van der Waals surface area contributed by atoms with Gasteiger partial charge in [-0.15, -0.1) is 0 Å². The van der Waals surface area contributed by atoms with Crippen molar-refractivity contribution in [3.8, 4) is 0 Å². The average molecular weight is 309 g/mol. The fourth-order valence-corrected chi connectivity index (χ4v) is 4.99. The highest BCUT2D eigenvalue weighted by Crippen LogP contribution is 2.40. The average Bonchev–Trinajstić information content (AvgIpc) is 2.79. The van der Waals surface area contributed by atoms with E-state index in [1.807, 2.05) is 0 Å². The molecule has 1 saturated carbocycles. The molecule has 0 heterocycles. The summed E-state index contributed by atoms with van der Waals surface area (Å²) in [5.74, 6) is 4.00. The lowest BCUT2D eigenvalue weighted by Crippen LogP contribution is -2.26. The van der Waals surface area contributed by atoms with E-state index in [-0.39, 0.29) is 0 Å². The molecule has 0 aromatic heterocycles. The minimum Gasteiger partial charge on any atom is -0.0654 e. The maximum atomic E-state index is 2.60. The smallest absolute Gasteiger partial charge is 0.0358 e. The van der Waals surface area contributed by atoms with Crippen LogP contribution in [-0.4, -0.2) is 0 Å². The van der Waals surface area contributed by atoms with Gasteiger partial charge < -0.3 is 0 Å². The largest absolute Gasteiger partial charge is 0.0654 e. The van der Waals surface area contributed by atoms with Crippen molar-refractivity contribution in [1.29, 1.82) is 0 Å². The molecular formula is C22H44. The van der Waals surface area contributed by atoms with Gasteiger partial charge in [0.25, 0.3) is 0 Å². The second kappa shape index (κ2) is 12.4. The number of rotatable bonds is 11. The molecule has 0 heteroatoms. The van der Waals surface area contributed by atoms with Crippen molar-refractivity contribution in [1.82, 2.24) is 0 Å². The van der Waals surface area contributed by atoms with Gasteiger partial charge in [0.2, 0.25) is 0 Å². The van der Waals surface area contributed by atoms with Crippen LogP contribution in [-0.2, 0) is 0 Å². The van der Waals surface area contributed by atoms with E-state index in [0.717, 1.165) is 23.7 Å². The van der Waals surface area contributed by atoms with Gasteiger partial charge in [-0.3, -0.25) is 0 Å². The van der Waals surface area contributed by atoms with Crippen molar-refractivity contribution in [3.63, 3.8) is 0 Å². The molecule has 4 atom stereocenters.